The van der Waals surface area contributed by atoms with Crippen molar-refractivity contribution in [2.45, 2.75) is 45.3 Å². The van der Waals surface area contributed by atoms with Crippen LogP contribution in [0.15, 0.2) is 30.3 Å². The summed E-state index contributed by atoms with van der Waals surface area (Å²) >= 11 is 0. The Labute approximate surface area is 98.7 Å². The summed E-state index contributed by atoms with van der Waals surface area (Å²) in [7, 11) is 0. The van der Waals surface area contributed by atoms with E-state index in [-0.39, 0.29) is 6.10 Å². The first-order valence-corrected chi connectivity index (χ1v) is 6.17. The van der Waals surface area contributed by atoms with Gasteiger partial charge in [0.25, 0.3) is 0 Å². The van der Waals surface area contributed by atoms with Crippen LogP contribution < -0.4 is 5.32 Å². The maximum atomic E-state index is 9.27. The average Bonchev–Trinajstić information content (AvgIpc) is 2.27. The Morgan fingerprint density at radius 1 is 1.25 bits per heavy atom. The molecule has 2 heteroatoms. The summed E-state index contributed by atoms with van der Waals surface area (Å²) in [4.78, 5) is 0. The zero-order valence-corrected chi connectivity index (χ0v) is 10.3. The molecule has 2 N–H and O–H groups in total. The zero-order chi connectivity index (χ0) is 11.8. The van der Waals surface area contributed by atoms with Crippen molar-refractivity contribution in [3.05, 3.63) is 35.9 Å². The van der Waals surface area contributed by atoms with Crippen LogP contribution in [0.3, 0.4) is 0 Å². The summed E-state index contributed by atoms with van der Waals surface area (Å²) in [6.07, 6.45) is 3.10. The van der Waals surface area contributed by atoms with Gasteiger partial charge in [-0.3, -0.25) is 0 Å². The van der Waals surface area contributed by atoms with E-state index < -0.39 is 0 Å². The lowest BCUT2D eigenvalue weighted by atomic mass is 10.0. The lowest BCUT2D eigenvalue weighted by Gasteiger charge is -2.19. The first-order valence-electron chi connectivity index (χ1n) is 6.17. The molecule has 0 bridgehead atoms. The van der Waals surface area contributed by atoms with Crippen LogP contribution in [0.1, 0.15) is 32.3 Å². The fourth-order valence-electron chi connectivity index (χ4n) is 1.86. The molecule has 0 aromatic heterocycles. The summed E-state index contributed by atoms with van der Waals surface area (Å²) in [5.41, 5.74) is 1.36. The molecule has 0 fully saturated rings. The van der Waals surface area contributed by atoms with Crippen LogP contribution >= 0.6 is 0 Å². The number of benzene rings is 1. The maximum Gasteiger partial charge on any atom is 0.0636 e. The Hall–Kier alpha value is -0.860. The lowest BCUT2D eigenvalue weighted by molar-refractivity contribution is 0.185. The third-order valence-electron chi connectivity index (χ3n) is 2.66. The molecule has 1 aromatic rings. The summed E-state index contributed by atoms with van der Waals surface area (Å²) in [6.45, 7) is 4.69. The molecule has 1 unspecified atom stereocenters. The third-order valence-corrected chi connectivity index (χ3v) is 2.66. The first-order chi connectivity index (χ1) is 7.72. The zero-order valence-electron chi connectivity index (χ0n) is 10.3. The van der Waals surface area contributed by atoms with E-state index in [0.717, 1.165) is 12.8 Å². The highest BCUT2D eigenvalue weighted by Crippen LogP contribution is 2.07. The molecular weight excluding hydrogens is 198 g/mol. The molecule has 1 aromatic carbocycles. The van der Waals surface area contributed by atoms with Crippen molar-refractivity contribution >= 4 is 0 Å². The molecule has 0 aliphatic carbocycles. The fraction of sp³-hybridized carbons (Fsp3) is 0.571. The molecular formula is C14H23NO. The van der Waals surface area contributed by atoms with E-state index in [9.17, 15) is 5.11 Å². The quantitative estimate of drug-likeness (QED) is 0.741. The second-order valence-corrected chi connectivity index (χ2v) is 4.43. The predicted molar refractivity (Wildman–Crippen MR) is 68.5 cm³/mol. The van der Waals surface area contributed by atoms with E-state index in [1.165, 1.54) is 12.0 Å². The van der Waals surface area contributed by atoms with E-state index >= 15 is 0 Å². The number of hydrogen-bond donors (Lipinski definition) is 2. The van der Waals surface area contributed by atoms with Crippen LogP contribution in [0.5, 0.6) is 0 Å². The van der Waals surface area contributed by atoms with Gasteiger partial charge in [0.1, 0.15) is 0 Å². The maximum absolute atomic E-state index is 9.27. The minimum Gasteiger partial charge on any atom is -0.392 e. The Kier molecular flexibility index (Phi) is 6.12. The van der Waals surface area contributed by atoms with Gasteiger partial charge < -0.3 is 10.4 Å². The van der Waals surface area contributed by atoms with Gasteiger partial charge in [0, 0.05) is 12.6 Å². The van der Waals surface area contributed by atoms with Crippen molar-refractivity contribution in [2.24, 2.45) is 0 Å². The Balaban J connectivity index is 2.44. The second kappa shape index (κ2) is 7.42. The number of aliphatic hydroxyl groups excluding tert-OH is 1. The van der Waals surface area contributed by atoms with E-state index in [2.05, 4.69) is 36.5 Å². The number of rotatable bonds is 7. The summed E-state index contributed by atoms with van der Waals surface area (Å²) in [5, 5.41) is 12.7. The molecule has 0 aliphatic rings. The minimum atomic E-state index is -0.268. The van der Waals surface area contributed by atoms with Gasteiger partial charge >= 0.3 is 0 Å². The van der Waals surface area contributed by atoms with Gasteiger partial charge in [0.15, 0.2) is 0 Å². The molecule has 0 amide bonds. The fourth-order valence-corrected chi connectivity index (χ4v) is 1.86. The summed E-state index contributed by atoms with van der Waals surface area (Å²) < 4.78 is 0. The highest BCUT2D eigenvalue weighted by Gasteiger charge is 2.08. The molecule has 0 spiro atoms. The number of nitrogens with one attached hydrogen (secondary N) is 1. The molecule has 0 radical (unpaired) electrons. The van der Waals surface area contributed by atoms with Crippen LogP contribution in [0, 0.1) is 0 Å². The van der Waals surface area contributed by atoms with Crippen molar-refractivity contribution in [1.29, 1.82) is 0 Å². The van der Waals surface area contributed by atoms with E-state index in [0.29, 0.717) is 12.6 Å². The monoisotopic (exact) mass is 221 g/mol. The first kappa shape index (κ1) is 13.2. The predicted octanol–water partition coefficient (Wildman–Crippen LogP) is 2.37. The minimum absolute atomic E-state index is 0.268. The standard InChI is InChI=1S/C14H23NO/c1-3-7-14(15-11-12(2)16)10-13-8-5-4-6-9-13/h4-6,8-9,12,14-16H,3,7,10-11H2,1-2H3/t12-,14?/m0/s1. The Morgan fingerprint density at radius 2 is 1.94 bits per heavy atom. The van der Waals surface area contributed by atoms with Gasteiger partial charge in [-0.25, -0.2) is 0 Å². The molecule has 90 valence electrons. The molecule has 0 saturated heterocycles. The van der Waals surface area contributed by atoms with Crippen molar-refractivity contribution in [1.82, 2.24) is 5.32 Å². The molecule has 2 atom stereocenters. The van der Waals surface area contributed by atoms with Crippen LogP contribution in [0.25, 0.3) is 0 Å². The lowest BCUT2D eigenvalue weighted by Crippen LogP contribution is -2.36. The molecule has 16 heavy (non-hydrogen) atoms. The highest BCUT2D eigenvalue weighted by molar-refractivity contribution is 5.15. The SMILES string of the molecule is CCCC(Cc1ccccc1)NC[C@H](C)O. The van der Waals surface area contributed by atoms with Gasteiger partial charge in [-0.15, -0.1) is 0 Å². The Bertz CT molecular complexity index is 271. The van der Waals surface area contributed by atoms with Crippen molar-refractivity contribution < 1.29 is 5.11 Å². The van der Waals surface area contributed by atoms with Gasteiger partial charge in [0.05, 0.1) is 6.10 Å². The molecule has 0 saturated carbocycles. The smallest absolute Gasteiger partial charge is 0.0636 e. The molecule has 2 nitrogen and oxygen atoms in total. The van der Waals surface area contributed by atoms with E-state index in [1.807, 2.05) is 13.0 Å². The van der Waals surface area contributed by atoms with Crippen LogP contribution in [0.4, 0.5) is 0 Å². The molecule has 1 rings (SSSR count). The molecule has 0 aliphatic heterocycles. The van der Waals surface area contributed by atoms with Gasteiger partial charge in [-0.2, -0.15) is 0 Å². The number of aliphatic hydroxyl groups is 1. The van der Waals surface area contributed by atoms with Crippen LogP contribution in [-0.4, -0.2) is 23.8 Å². The van der Waals surface area contributed by atoms with Crippen molar-refractivity contribution in [3.8, 4) is 0 Å². The van der Waals surface area contributed by atoms with E-state index in [1.54, 1.807) is 0 Å². The summed E-state index contributed by atoms with van der Waals surface area (Å²) in [6, 6.07) is 11.0. The highest BCUT2D eigenvalue weighted by atomic mass is 16.3. The van der Waals surface area contributed by atoms with Gasteiger partial charge in [-0.05, 0) is 25.3 Å². The average molecular weight is 221 g/mol. The topological polar surface area (TPSA) is 32.3 Å². The van der Waals surface area contributed by atoms with Crippen molar-refractivity contribution in [3.63, 3.8) is 0 Å². The molecule has 0 heterocycles. The third kappa shape index (κ3) is 5.29. The van der Waals surface area contributed by atoms with Crippen molar-refractivity contribution in [2.75, 3.05) is 6.54 Å². The van der Waals surface area contributed by atoms with E-state index in [4.69, 9.17) is 0 Å². The Morgan fingerprint density at radius 3 is 2.50 bits per heavy atom. The second-order valence-electron chi connectivity index (χ2n) is 4.43. The van der Waals surface area contributed by atoms with Gasteiger partial charge in [0.2, 0.25) is 0 Å². The number of hydrogen-bond acceptors (Lipinski definition) is 2. The largest absolute Gasteiger partial charge is 0.392 e. The normalized spacial score (nSPS) is 14.7. The summed E-state index contributed by atoms with van der Waals surface area (Å²) in [5.74, 6) is 0. The van der Waals surface area contributed by atoms with Crippen LogP contribution in [-0.2, 0) is 6.42 Å². The van der Waals surface area contributed by atoms with Gasteiger partial charge in [-0.1, -0.05) is 43.7 Å². The van der Waals surface area contributed by atoms with Crippen LogP contribution in [0.2, 0.25) is 0 Å².